The van der Waals surface area contributed by atoms with Crippen LogP contribution in [-0.2, 0) is 14.8 Å². The quantitative estimate of drug-likeness (QED) is 0.674. The lowest BCUT2D eigenvalue weighted by molar-refractivity contribution is -0.120. The molecule has 152 valence electrons. The number of nitrogens with zero attached hydrogens (tertiary/aromatic N) is 1. The van der Waals surface area contributed by atoms with Crippen LogP contribution in [0.15, 0.2) is 56.6 Å². The summed E-state index contributed by atoms with van der Waals surface area (Å²) in [5, 5.41) is 2.70. The van der Waals surface area contributed by atoms with Crippen LogP contribution in [-0.4, -0.2) is 36.7 Å². The Morgan fingerprint density at radius 2 is 1.97 bits per heavy atom. The second kappa shape index (κ2) is 7.45. The van der Waals surface area contributed by atoms with Crippen molar-refractivity contribution < 1.29 is 22.0 Å². The van der Waals surface area contributed by atoms with Crippen LogP contribution in [0.1, 0.15) is 12.8 Å². The molecule has 10 heteroatoms. The first-order valence-corrected chi connectivity index (χ1v) is 10.5. The van der Waals surface area contributed by atoms with Gasteiger partial charge in [-0.05, 0) is 49.2 Å². The molecule has 0 spiro atoms. The van der Waals surface area contributed by atoms with Crippen LogP contribution in [0.25, 0.3) is 11.1 Å². The minimum Gasteiger partial charge on any atom is -0.408 e. The fraction of sp³-hybridized carbons (Fsp3) is 0.263. The summed E-state index contributed by atoms with van der Waals surface area (Å²) >= 11 is 0. The molecule has 29 heavy (non-hydrogen) atoms. The third-order valence-corrected chi connectivity index (χ3v) is 6.76. The molecule has 0 aliphatic carbocycles. The minimum absolute atomic E-state index is 0.00709. The molecule has 1 aliphatic heterocycles. The molecule has 1 atom stereocenters. The molecule has 1 saturated heterocycles. The molecule has 0 saturated carbocycles. The minimum atomic E-state index is -3.86. The molecule has 2 heterocycles. The number of carbonyl (C=O) groups is 1. The predicted molar refractivity (Wildman–Crippen MR) is 103 cm³/mol. The molecule has 4 rings (SSSR count). The van der Waals surface area contributed by atoms with Gasteiger partial charge < -0.3 is 9.73 Å². The molecular weight excluding hydrogens is 401 g/mol. The van der Waals surface area contributed by atoms with E-state index in [4.69, 9.17) is 4.42 Å². The van der Waals surface area contributed by atoms with Crippen molar-refractivity contribution in [3.63, 3.8) is 0 Å². The van der Waals surface area contributed by atoms with Crippen molar-refractivity contribution in [1.82, 2.24) is 9.29 Å². The molecule has 1 aromatic heterocycles. The van der Waals surface area contributed by atoms with Gasteiger partial charge in [0.05, 0.1) is 16.3 Å². The largest absolute Gasteiger partial charge is 0.417 e. The molecule has 2 N–H and O–H groups in total. The average molecular weight is 419 g/mol. The van der Waals surface area contributed by atoms with E-state index in [9.17, 15) is 22.4 Å². The van der Waals surface area contributed by atoms with Gasteiger partial charge in [-0.25, -0.2) is 17.6 Å². The fourth-order valence-corrected chi connectivity index (χ4v) is 4.93. The highest BCUT2D eigenvalue weighted by molar-refractivity contribution is 7.89. The third-order valence-electron chi connectivity index (χ3n) is 4.90. The van der Waals surface area contributed by atoms with E-state index in [0.717, 1.165) is 0 Å². The van der Waals surface area contributed by atoms with Gasteiger partial charge in [0.1, 0.15) is 5.82 Å². The van der Waals surface area contributed by atoms with Crippen molar-refractivity contribution in [3.8, 4) is 0 Å². The number of oxazole rings is 1. The number of anilines is 1. The summed E-state index contributed by atoms with van der Waals surface area (Å²) in [7, 11) is -3.86. The summed E-state index contributed by atoms with van der Waals surface area (Å²) < 4.78 is 45.3. The second-order valence-electron chi connectivity index (χ2n) is 6.87. The zero-order valence-electron chi connectivity index (χ0n) is 15.2. The van der Waals surface area contributed by atoms with Crippen LogP contribution in [0.5, 0.6) is 0 Å². The molecule has 1 amide bonds. The summed E-state index contributed by atoms with van der Waals surface area (Å²) in [5.74, 6) is -1.92. The number of hydrogen-bond acceptors (Lipinski definition) is 5. The molecule has 3 aromatic rings. The van der Waals surface area contributed by atoms with E-state index in [-0.39, 0.29) is 29.5 Å². The smallest absolute Gasteiger partial charge is 0.408 e. The van der Waals surface area contributed by atoms with Crippen molar-refractivity contribution in [1.29, 1.82) is 0 Å². The monoisotopic (exact) mass is 419 g/mol. The van der Waals surface area contributed by atoms with E-state index in [0.29, 0.717) is 24.0 Å². The number of halogens is 1. The lowest BCUT2D eigenvalue weighted by Gasteiger charge is -2.31. The number of fused-ring (bicyclic) bond motifs is 1. The lowest BCUT2D eigenvalue weighted by Crippen LogP contribution is -2.43. The van der Waals surface area contributed by atoms with Gasteiger partial charge in [0.2, 0.25) is 15.9 Å². The summed E-state index contributed by atoms with van der Waals surface area (Å²) in [5.41, 5.74) is 1.01. The van der Waals surface area contributed by atoms with Crippen LogP contribution < -0.4 is 11.1 Å². The Bertz CT molecular complexity index is 1220. The second-order valence-corrected chi connectivity index (χ2v) is 8.81. The normalized spacial score (nSPS) is 18.0. The summed E-state index contributed by atoms with van der Waals surface area (Å²) in [6.07, 6.45) is 1.08. The number of rotatable bonds is 4. The lowest BCUT2D eigenvalue weighted by atomic mass is 9.99. The average Bonchev–Trinajstić information content (AvgIpc) is 3.09. The Hall–Kier alpha value is -2.98. The Balaban J connectivity index is 1.52. The number of aromatic amines is 1. The number of benzene rings is 2. The SMILES string of the molecule is O=C(Nc1ccc(F)cc1)[C@H]1CCCN(S(=O)(=O)c2ccc3[nH]c(=O)oc3c2)C1. The summed E-state index contributed by atoms with van der Waals surface area (Å²) in [4.78, 5) is 26.3. The number of carbonyl (C=O) groups excluding carboxylic acids is 1. The van der Waals surface area contributed by atoms with Crippen molar-refractivity contribution in [2.45, 2.75) is 17.7 Å². The zero-order chi connectivity index (χ0) is 20.6. The highest BCUT2D eigenvalue weighted by atomic mass is 32.2. The number of amides is 1. The predicted octanol–water partition coefficient (Wildman–Crippen LogP) is 2.30. The number of sulfonamides is 1. The first-order chi connectivity index (χ1) is 13.8. The molecule has 2 aromatic carbocycles. The topological polar surface area (TPSA) is 112 Å². The number of hydrogen-bond donors (Lipinski definition) is 2. The number of piperidine rings is 1. The van der Waals surface area contributed by atoms with Crippen LogP contribution in [0, 0.1) is 11.7 Å². The van der Waals surface area contributed by atoms with Gasteiger partial charge in [0.15, 0.2) is 5.58 Å². The summed E-state index contributed by atoms with van der Waals surface area (Å²) in [6.45, 7) is 0.322. The van der Waals surface area contributed by atoms with Crippen molar-refractivity contribution >= 4 is 32.7 Å². The van der Waals surface area contributed by atoms with E-state index >= 15 is 0 Å². The highest BCUT2D eigenvalue weighted by Gasteiger charge is 2.33. The van der Waals surface area contributed by atoms with Gasteiger partial charge in [0.25, 0.3) is 0 Å². The highest BCUT2D eigenvalue weighted by Crippen LogP contribution is 2.26. The number of aromatic nitrogens is 1. The molecular formula is C19H18FN3O5S. The first-order valence-electron chi connectivity index (χ1n) is 9.02. The molecule has 0 unspecified atom stereocenters. The third kappa shape index (κ3) is 3.94. The van der Waals surface area contributed by atoms with Crippen molar-refractivity contribution in [3.05, 3.63) is 58.8 Å². The number of H-pyrrole nitrogens is 1. The maximum atomic E-state index is 13.0. The summed E-state index contributed by atoms with van der Waals surface area (Å²) in [6, 6.07) is 9.53. The number of nitrogens with one attached hydrogen (secondary N) is 2. The molecule has 8 nitrogen and oxygen atoms in total. The standard InChI is InChI=1S/C19H18FN3O5S/c20-13-3-5-14(6-4-13)21-18(24)12-2-1-9-23(11-12)29(26,27)15-7-8-16-17(10-15)28-19(25)22-16/h3-8,10,12H,1-2,9,11H2,(H,21,24)(H,22,25)/t12-/m0/s1. The van der Waals surface area contributed by atoms with Gasteiger partial charge >= 0.3 is 5.76 Å². The Kier molecular flexibility index (Phi) is 4.97. The van der Waals surface area contributed by atoms with Crippen molar-refractivity contribution in [2.75, 3.05) is 18.4 Å². The first kappa shape index (κ1) is 19.3. The van der Waals surface area contributed by atoms with Gasteiger partial charge in [-0.2, -0.15) is 4.31 Å². The van der Waals surface area contributed by atoms with Gasteiger partial charge in [0, 0.05) is 24.8 Å². The van der Waals surface area contributed by atoms with Crippen LogP contribution in [0.2, 0.25) is 0 Å². The Morgan fingerprint density at radius 3 is 2.72 bits per heavy atom. The van der Waals surface area contributed by atoms with E-state index in [2.05, 4.69) is 10.3 Å². The van der Waals surface area contributed by atoms with Crippen LogP contribution >= 0.6 is 0 Å². The Morgan fingerprint density at radius 1 is 1.21 bits per heavy atom. The van der Waals surface area contributed by atoms with Crippen LogP contribution in [0.3, 0.4) is 0 Å². The molecule has 0 radical (unpaired) electrons. The molecule has 1 aliphatic rings. The van der Waals surface area contributed by atoms with E-state index in [1.54, 1.807) is 0 Å². The van der Waals surface area contributed by atoms with Crippen molar-refractivity contribution in [2.24, 2.45) is 5.92 Å². The van der Waals surface area contributed by atoms with Gasteiger partial charge in [-0.3, -0.25) is 9.78 Å². The fourth-order valence-electron chi connectivity index (χ4n) is 3.39. The van der Waals surface area contributed by atoms with Crippen LogP contribution in [0.4, 0.5) is 10.1 Å². The van der Waals surface area contributed by atoms with E-state index in [1.165, 1.54) is 46.8 Å². The van der Waals surface area contributed by atoms with Gasteiger partial charge in [-0.15, -0.1) is 0 Å². The maximum absolute atomic E-state index is 13.0. The Labute approximate surface area is 165 Å². The van der Waals surface area contributed by atoms with E-state index < -0.39 is 27.5 Å². The zero-order valence-corrected chi connectivity index (χ0v) is 16.0. The van der Waals surface area contributed by atoms with Gasteiger partial charge in [-0.1, -0.05) is 0 Å². The maximum Gasteiger partial charge on any atom is 0.417 e. The molecule has 0 bridgehead atoms. The molecule has 1 fully saturated rings. The van der Waals surface area contributed by atoms with E-state index in [1.807, 2.05) is 0 Å².